The van der Waals surface area contributed by atoms with Crippen LogP contribution in [0.3, 0.4) is 0 Å². The molecule has 0 atom stereocenters. The minimum Gasteiger partial charge on any atom is -0.379 e. The predicted octanol–water partition coefficient (Wildman–Crippen LogP) is 1.42. The number of rotatable bonds is 7. The standard InChI is InChI=1S/C16H33N3O/c1-15(2)14-19-8-4-16(5-9-19)17-6-3-7-18-10-12-20-13-11-18/h15-17H,3-14H2,1-2H3. The van der Waals surface area contributed by atoms with Crippen molar-refractivity contribution in [1.29, 1.82) is 0 Å². The van der Waals surface area contributed by atoms with Crippen molar-refractivity contribution in [1.82, 2.24) is 15.1 Å². The number of morpholine rings is 1. The second-order valence-electron chi connectivity index (χ2n) is 6.73. The second kappa shape index (κ2) is 8.98. The van der Waals surface area contributed by atoms with Crippen molar-refractivity contribution in [3.8, 4) is 0 Å². The molecule has 0 saturated carbocycles. The summed E-state index contributed by atoms with van der Waals surface area (Å²) >= 11 is 0. The van der Waals surface area contributed by atoms with Gasteiger partial charge in [0.25, 0.3) is 0 Å². The van der Waals surface area contributed by atoms with Crippen LogP contribution in [0.1, 0.15) is 33.1 Å². The Kier molecular flexibility index (Phi) is 7.28. The second-order valence-corrected chi connectivity index (χ2v) is 6.73. The average Bonchev–Trinajstić information content (AvgIpc) is 2.46. The summed E-state index contributed by atoms with van der Waals surface area (Å²) in [7, 11) is 0. The number of nitrogens with one attached hydrogen (secondary N) is 1. The number of hydrogen-bond donors (Lipinski definition) is 1. The number of nitrogens with zero attached hydrogens (tertiary/aromatic N) is 2. The van der Waals surface area contributed by atoms with Crippen LogP contribution in [-0.4, -0.2) is 74.9 Å². The Morgan fingerprint density at radius 2 is 1.75 bits per heavy atom. The van der Waals surface area contributed by atoms with E-state index in [-0.39, 0.29) is 0 Å². The van der Waals surface area contributed by atoms with Crippen molar-refractivity contribution < 1.29 is 4.74 Å². The van der Waals surface area contributed by atoms with Crippen LogP contribution in [-0.2, 0) is 4.74 Å². The summed E-state index contributed by atoms with van der Waals surface area (Å²) < 4.78 is 5.38. The molecule has 2 saturated heterocycles. The van der Waals surface area contributed by atoms with Crippen LogP contribution in [0.5, 0.6) is 0 Å². The molecule has 0 aliphatic carbocycles. The Balaban J connectivity index is 1.48. The van der Waals surface area contributed by atoms with Crippen LogP contribution >= 0.6 is 0 Å². The molecule has 0 spiro atoms. The number of hydrogen-bond acceptors (Lipinski definition) is 4. The number of piperidine rings is 1. The average molecular weight is 283 g/mol. The maximum atomic E-state index is 5.38. The summed E-state index contributed by atoms with van der Waals surface area (Å²) in [6.45, 7) is 14.9. The van der Waals surface area contributed by atoms with Crippen molar-refractivity contribution in [2.45, 2.75) is 39.2 Å². The Bertz CT molecular complexity index is 246. The van der Waals surface area contributed by atoms with E-state index in [2.05, 4.69) is 29.0 Å². The van der Waals surface area contributed by atoms with Crippen LogP contribution < -0.4 is 5.32 Å². The molecular formula is C16H33N3O. The first-order valence-corrected chi connectivity index (χ1v) is 8.50. The maximum Gasteiger partial charge on any atom is 0.0594 e. The van der Waals surface area contributed by atoms with Crippen LogP contribution in [0.15, 0.2) is 0 Å². The van der Waals surface area contributed by atoms with E-state index in [9.17, 15) is 0 Å². The van der Waals surface area contributed by atoms with Gasteiger partial charge < -0.3 is 15.0 Å². The minimum atomic E-state index is 0.753. The Morgan fingerprint density at radius 1 is 1.05 bits per heavy atom. The fraction of sp³-hybridized carbons (Fsp3) is 1.00. The lowest BCUT2D eigenvalue weighted by molar-refractivity contribution is 0.0373. The molecule has 0 aromatic heterocycles. The molecule has 1 N–H and O–H groups in total. The van der Waals surface area contributed by atoms with Crippen LogP contribution in [0.2, 0.25) is 0 Å². The first kappa shape index (κ1) is 16.2. The first-order valence-electron chi connectivity index (χ1n) is 8.50. The lowest BCUT2D eigenvalue weighted by Gasteiger charge is -2.33. The topological polar surface area (TPSA) is 27.7 Å². The Morgan fingerprint density at radius 3 is 2.40 bits per heavy atom. The zero-order valence-electron chi connectivity index (χ0n) is 13.4. The van der Waals surface area contributed by atoms with Gasteiger partial charge in [-0.05, 0) is 51.4 Å². The van der Waals surface area contributed by atoms with Crippen molar-refractivity contribution in [3.63, 3.8) is 0 Å². The highest BCUT2D eigenvalue weighted by Crippen LogP contribution is 2.12. The zero-order chi connectivity index (χ0) is 14.2. The summed E-state index contributed by atoms with van der Waals surface area (Å²) in [6.07, 6.45) is 3.92. The minimum absolute atomic E-state index is 0.753. The Hall–Kier alpha value is -0.160. The van der Waals surface area contributed by atoms with Gasteiger partial charge in [-0.1, -0.05) is 13.8 Å². The van der Waals surface area contributed by atoms with Crippen molar-refractivity contribution >= 4 is 0 Å². The molecule has 2 heterocycles. The van der Waals surface area contributed by atoms with Gasteiger partial charge in [0.2, 0.25) is 0 Å². The van der Waals surface area contributed by atoms with Crippen LogP contribution in [0.4, 0.5) is 0 Å². The van der Waals surface area contributed by atoms with E-state index < -0.39 is 0 Å². The molecule has 2 aliphatic heterocycles. The molecule has 0 radical (unpaired) electrons. The zero-order valence-corrected chi connectivity index (χ0v) is 13.4. The summed E-state index contributed by atoms with van der Waals surface area (Å²) in [5.74, 6) is 0.799. The van der Waals surface area contributed by atoms with Gasteiger partial charge in [-0.15, -0.1) is 0 Å². The monoisotopic (exact) mass is 283 g/mol. The van der Waals surface area contributed by atoms with Crippen molar-refractivity contribution in [2.75, 3.05) is 59.0 Å². The Labute approximate surface area is 124 Å². The third-order valence-electron chi connectivity index (χ3n) is 4.40. The van der Waals surface area contributed by atoms with Crippen molar-refractivity contribution in [2.24, 2.45) is 5.92 Å². The van der Waals surface area contributed by atoms with Gasteiger partial charge in [-0.3, -0.25) is 4.90 Å². The quantitative estimate of drug-likeness (QED) is 0.715. The van der Waals surface area contributed by atoms with Gasteiger partial charge in [-0.2, -0.15) is 0 Å². The third kappa shape index (κ3) is 6.08. The summed E-state index contributed by atoms with van der Waals surface area (Å²) in [5, 5.41) is 3.75. The largest absolute Gasteiger partial charge is 0.379 e. The van der Waals surface area contributed by atoms with E-state index in [0.29, 0.717) is 0 Å². The van der Waals surface area contributed by atoms with E-state index in [0.717, 1.165) is 38.3 Å². The molecule has 0 amide bonds. The summed E-state index contributed by atoms with van der Waals surface area (Å²) in [5.41, 5.74) is 0. The normalized spacial score (nSPS) is 23.6. The van der Waals surface area contributed by atoms with Gasteiger partial charge in [0.15, 0.2) is 0 Å². The smallest absolute Gasteiger partial charge is 0.0594 e. The van der Waals surface area contributed by atoms with E-state index in [1.54, 1.807) is 0 Å². The molecule has 2 aliphatic rings. The molecule has 0 aromatic carbocycles. The van der Waals surface area contributed by atoms with Gasteiger partial charge >= 0.3 is 0 Å². The van der Waals surface area contributed by atoms with Crippen LogP contribution in [0, 0.1) is 5.92 Å². The molecular weight excluding hydrogens is 250 g/mol. The fourth-order valence-electron chi connectivity index (χ4n) is 3.27. The van der Waals surface area contributed by atoms with Crippen LogP contribution in [0.25, 0.3) is 0 Å². The molecule has 4 heteroatoms. The van der Waals surface area contributed by atoms with Gasteiger partial charge in [0.1, 0.15) is 0 Å². The molecule has 0 aromatic rings. The molecule has 2 fully saturated rings. The van der Waals surface area contributed by atoms with E-state index in [1.165, 1.54) is 52.0 Å². The highest BCUT2D eigenvalue weighted by atomic mass is 16.5. The molecule has 4 nitrogen and oxygen atoms in total. The third-order valence-corrected chi connectivity index (χ3v) is 4.40. The highest BCUT2D eigenvalue weighted by Gasteiger charge is 2.19. The van der Waals surface area contributed by atoms with Gasteiger partial charge in [0.05, 0.1) is 13.2 Å². The summed E-state index contributed by atoms with van der Waals surface area (Å²) in [6, 6.07) is 0.753. The van der Waals surface area contributed by atoms with Gasteiger partial charge in [-0.25, -0.2) is 0 Å². The molecule has 118 valence electrons. The highest BCUT2D eigenvalue weighted by molar-refractivity contribution is 4.77. The summed E-state index contributed by atoms with van der Waals surface area (Å²) in [4.78, 5) is 5.15. The van der Waals surface area contributed by atoms with Gasteiger partial charge in [0, 0.05) is 25.7 Å². The predicted molar refractivity (Wildman–Crippen MR) is 84.2 cm³/mol. The molecule has 0 bridgehead atoms. The van der Waals surface area contributed by atoms with E-state index >= 15 is 0 Å². The maximum absolute atomic E-state index is 5.38. The molecule has 0 unspecified atom stereocenters. The lowest BCUT2D eigenvalue weighted by atomic mass is 10.0. The number of ether oxygens (including phenoxy) is 1. The molecule has 20 heavy (non-hydrogen) atoms. The van der Waals surface area contributed by atoms with E-state index in [1.807, 2.05) is 0 Å². The number of likely N-dealkylation sites (tertiary alicyclic amines) is 1. The SMILES string of the molecule is CC(C)CN1CCC(NCCCN2CCOCC2)CC1. The van der Waals surface area contributed by atoms with E-state index in [4.69, 9.17) is 4.74 Å². The lowest BCUT2D eigenvalue weighted by Crippen LogP contribution is -2.44. The fourth-order valence-corrected chi connectivity index (χ4v) is 3.27. The molecule has 2 rings (SSSR count). The van der Waals surface area contributed by atoms with Crippen molar-refractivity contribution in [3.05, 3.63) is 0 Å². The first-order chi connectivity index (χ1) is 9.74.